The Balaban J connectivity index is 1.52. The quantitative estimate of drug-likeness (QED) is 0.722. The average molecular weight is 440 g/mol. The summed E-state index contributed by atoms with van der Waals surface area (Å²) in [5.41, 5.74) is -1.37. The molecule has 2 aromatic rings. The fourth-order valence-corrected chi connectivity index (χ4v) is 5.23. The average Bonchev–Trinajstić information content (AvgIpc) is 2.85. The van der Waals surface area contributed by atoms with Crippen molar-refractivity contribution in [3.63, 3.8) is 0 Å². The molecule has 4 rings (SSSR count). The maximum absolute atomic E-state index is 13.0. The molecule has 10 heteroatoms. The molecule has 1 fully saturated rings. The molecule has 0 aromatic heterocycles. The van der Waals surface area contributed by atoms with Crippen LogP contribution in [0, 0.1) is 5.41 Å². The summed E-state index contributed by atoms with van der Waals surface area (Å²) < 4.78 is 71.6. The van der Waals surface area contributed by atoms with Gasteiger partial charge in [0.15, 0.2) is 15.3 Å². The van der Waals surface area contributed by atoms with Gasteiger partial charge in [-0.25, -0.2) is 0 Å². The number of rotatable bonds is 2. The summed E-state index contributed by atoms with van der Waals surface area (Å²) in [6, 6.07) is 10.7. The molecule has 2 aliphatic rings. The van der Waals surface area contributed by atoms with E-state index in [0.717, 1.165) is 22.5 Å². The number of hydrogen-bond acceptors (Lipinski definition) is 4. The zero-order valence-electron chi connectivity index (χ0n) is 15.8. The van der Waals surface area contributed by atoms with E-state index in [1.54, 1.807) is 24.3 Å². The zero-order chi connectivity index (χ0) is 21.6. The molecule has 1 amide bonds. The van der Waals surface area contributed by atoms with Crippen molar-refractivity contribution in [2.24, 2.45) is 5.41 Å². The highest BCUT2D eigenvalue weighted by atomic mass is 32.3. The Kier molecular flexibility index (Phi) is 5.11. The number of ether oxygens (including phenoxy) is 1. The fraction of sp³-hybridized carbons (Fsp3) is 0.350. The number of sulfonamides is 1. The summed E-state index contributed by atoms with van der Waals surface area (Å²) >= 11 is 0. The number of carbonyl (C=O) groups excluding carboxylic acids is 1. The van der Waals surface area contributed by atoms with Crippen molar-refractivity contribution in [1.82, 2.24) is 4.31 Å². The second-order valence-electron chi connectivity index (χ2n) is 7.45. The molecule has 30 heavy (non-hydrogen) atoms. The van der Waals surface area contributed by atoms with Crippen LogP contribution in [0.2, 0.25) is 0 Å². The minimum absolute atomic E-state index is 0.00566. The maximum atomic E-state index is 13.0. The van der Waals surface area contributed by atoms with E-state index in [0.29, 0.717) is 17.5 Å². The Morgan fingerprint density at radius 3 is 2.50 bits per heavy atom. The highest BCUT2D eigenvalue weighted by Crippen LogP contribution is 2.41. The van der Waals surface area contributed by atoms with E-state index in [4.69, 9.17) is 4.74 Å². The van der Waals surface area contributed by atoms with Gasteiger partial charge < -0.3 is 14.6 Å². The number of carbonyl (C=O) groups is 1. The van der Waals surface area contributed by atoms with Gasteiger partial charge in [0, 0.05) is 19.2 Å². The molecule has 1 N–H and O–H groups in total. The molecule has 0 aliphatic carbocycles. The van der Waals surface area contributed by atoms with Crippen LogP contribution in [0.25, 0.3) is 0 Å². The van der Waals surface area contributed by atoms with Crippen molar-refractivity contribution in [3.05, 3.63) is 54.1 Å². The Morgan fingerprint density at radius 1 is 1.10 bits per heavy atom. The summed E-state index contributed by atoms with van der Waals surface area (Å²) in [7, 11) is -4.12. The Hall–Kier alpha value is -2.43. The van der Waals surface area contributed by atoms with Gasteiger partial charge in [-0.15, -0.1) is 4.31 Å². The van der Waals surface area contributed by atoms with Crippen LogP contribution in [-0.2, 0) is 25.6 Å². The summed E-state index contributed by atoms with van der Waals surface area (Å²) in [5.74, 6) is 0.297. The van der Waals surface area contributed by atoms with Crippen LogP contribution < -0.4 is 10.1 Å². The number of piperidine rings is 1. The third kappa shape index (κ3) is 3.70. The zero-order valence-corrected chi connectivity index (χ0v) is 16.6. The van der Waals surface area contributed by atoms with Gasteiger partial charge in [0.25, 0.3) is 0 Å². The van der Waals surface area contributed by atoms with Crippen LogP contribution in [0.15, 0.2) is 53.4 Å². The molecule has 0 bridgehead atoms. The van der Waals surface area contributed by atoms with E-state index in [2.05, 4.69) is 5.32 Å². The van der Waals surface area contributed by atoms with Crippen molar-refractivity contribution in [3.8, 4) is 5.75 Å². The summed E-state index contributed by atoms with van der Waals surface area (Å²) in [5, 5.41) is 2.84. The molecule has 6 nitrogen and oxygen atoms in total. The van der Waals surface area contributed by atoms with Crippen molar-refractivity contribution in [1.29, 1.82) is 0 Å². The third-order valence-corrected chi connectivity index (χ3v) is 7.49. The Bertz CT molecular complexity index is 1020. The second-order valence-corrected chi connectivity index (χ2v) is 9.39. The molecule has 1 saturated heterocycles. The molecular weight excluding hydrogens is 421 g/mol. The lowest BCUT2D eigenvalue weighted by Crippen LogP contribution is -2.51. The second kappa shape index (κ2) is 7.36. The van der Waals surface area contributed by atoms with Gasteiger partial charge >= 0.3 is 6.18 Å². The number of halogens is 3. The Labute approximate surface area is 172 Å². The number of fused-ring (bicyclic) bond motifs is 1. The van der Waals surface area contributed by atoms with Crippen LogP contribution in [-0.4, -0.2) is 34.5 Å². The lowest BCUT2D eigenvalue weighted by molar-refractivity contribution is -0.137. The number of benzene rings is 2. The standard InChI is InChI=1S/C20H19F3N2O4S/c21-20(22,23)14-4-3-5-15(12-14)30(27,28)25-10-8-19(9-11-25)13-29-17-7-2-1-6-16(17)24-18(19)26/h1-7,12H,8-11,13H2,(H-,24,26,27,28). The number of anilines is 1. The van der Waals surface area contributed by atoms with Gasteiger partial charge in [-0.1, -0.05) is 22.4 Å². The van der Waals surface area contributed by atoms with E-state index >= 15 is 0 Å². The lowest BCUT2D eigenvalue weighted by Gasteiger charge is -2.39. The van der Waals surface area contributed by atoms with Crippen molar-refractivity contribution < 1.29 is 31.5 Å². The minimum atomic E-state index is -4.64. The van der Waals surface area contributed by atoms with E-state index in [1.165, 1.54) is 0 Å². The number of amides is 1. The molecule has 2 heterocycles. The molecule has 1 unspecified atom stereocenters. The van der Waals surface area contributed by atoms with E-state index in [9.17, 15) is 26.7 Å². The monoisotopic (exact) mass is 440 g/mol. The van der Waals surface area contributed by atoms with Crippen LogP contribution in [0.4, 0.5) is 18.9 Å². The SMILES string of the molecule is O=C1Nc2ccccc2OCC12CCN([S+](=O)([O-])c1cccc(C(F)(F)F)c1)CC2. The molecule has 2 aromatic carbocycles. The number of para-hydroxylation sites is 2. The first-order chi connectivity index (χ1) is 14.1. The largest absolute Gasteiger partial charge is 0.593 e. The van der Waals surface area contributed by atoms with Crippen molar-refractivity contribution in [2.45, 2.75) is 23.9 Å². The summed E-state index contributed by atoms with van der Waals surface area (Å²) in [6.07, 6.45) is -4.24. The van der Waals surface area contributed by atoms with Gasteiger partial charge in [-0.3, -0.25) is 4.79 Å². The maximum Gasteiger partial charge on any atom is 0.416 e. The van der Waals surface area contributed by atoms with Crippen LogP contribution in [0.1, 0.15) is 18.4 Å². The first-order valence-corrected chi connectivity index (χ1v) is 10.8. The number of nitrogens with zero attached hydrogens (tertiary/aromatic N) is 1. The van der Waals surface area contributed by atoms with Crippen molar-refractivity contribution in [2.75, 3.05) is 25.0 Å². The van der Waals surface area contributed by atoms with E-state index < -0.39 is 32.4 Å². The first-order valence-electron chi connectivity index (χ1n) is 9.33. The van der Waals surface area contributed by atoms with Crippen LogP contribution in [0.5, 0.6) is 5.75 Å². The first kappa shape index (κ1) is 20.8. The van der Waals surface area contributed by atoms with Gasteiger partial charge in [0.05, 0.1) is 16.7 Å². The highest BCUT2D eigenvalue weighted by Gasteiger charge is 2.48. The Morgan fingerprint density at radius 2 is 1.80 bits per heavy atom. The molecule has 0 radical (unpaired) electrons. The topological polar surface area (TPSA) is 81.7 Å². The van der Waals surface area contributed by atoms with Gasteiger partial charge in [-0.05, 0) is 37.1 Å². The summed E-state index contributed by atoms with van der Waals surface area (Å²) in [6.45, 7) is 0.116. The van der Waals surface area contributed by atoms with Gasteiger partial charge in [0.2, 0.25) is 5.91 Å². The lowest BCUT2D eigenvalue weighted by atomic mass is 9.79. The van der Waals surface area contributed by atoms with E-state index in [1.807, 2.05) is 0 Å². The predicted molar refractivity (Wildman–Crippen MR) is 102 cm³/mol. The molecule has 160 valence electrons. The van der Waals surface area contributed by atoms with Crippen LogP contribution >= 0.6 is 0 Å². The molecule has 2 aliphatic heterocycles. The molecule has 1 atom stereocenters. The highest BCUT2D eigenvalue weighted by molar-refractivity contribution is 7.95. The predicted octanol–water partition coefficient (Wildman–Crippen LogP) is 3.72. The van der Waals surface area contributed by atoms with Gasteiger partial charge in [0.1, 0.15) is 12.4 Å². The number of nitrogens with one attached hydrogen (secondary N) is 1. The fourth-order valence-electron chi connectivity index (χ4n) is 3.74. The minimum Gasteiger partial charge on any atom is -0.593 e. The van der Waals surface area contributed by atoms with Crippen LogP contribution in [0.3, 0.4) is 0 Å². The number of hydrogen-bond donors (Lipinski definition) is 1. The normalized spacial score (nSPS) is 21.1. The smallest absolute Gasteiger partial charge is 0.416 e. The van der Waals surface area contributed by atoms with E-state index in [-0.39, 0.29) is 38.4 Å². The molecule has 1 spiro atoms. The third-order valence-electron chi connectivity index (χ3n) is 5.60. The summed E-state index contributed by atoms with van der Waals surface area (Å²) in [4.78, 5) is 12.4. The number of alkyl halides is 3. The molecule has 0 saturated carbocycles. The van der Waals surface area contributed by atoms with Crippen molar-refractivity contribution >= 4 is 22.0 Å². The molecular formula is C20H19F3N2O4S. The van der Waals surface area contributed by atoms with Gasteiger partial charge in [-0.2, -0.15) is 13.2 Å².